The monoisotopic (exact) mass is 235 g/mol. The molecule has 2 rings (SSSR count). The molecule has 0 saturated heterocycles. The lowest BCUT2D eigenvalue weighted by atomic mass is 10.2. The SMILES string of the molecule is Cc1ccc(-n2nnc(C(=O)O)c2C)c(F)c1. The van der Waals surface area contributed by atoms with Crippen LogP contribution in [0.1, 0.15) is 21.7 Å². The fraction of sp³-hybridized carbons (Fsp3) is 0.182. The van der Waals surface area contributed by atoms with Gasteiger partial charge in [0.2, 0.25) is 0 Å². The van der Waals surface area contributed by atoms with Crippen molar-refractivity contribution in [3.63, 3.8) is 0 Å². The Labute approximate surface area is 96.5 Å². The van der Waals surface area contributed by atoms with Crippen LogP contribution in [-0.4, -0.2) is 26.1 Å². The molecule has 0 amide bonds. The topological polar surface area (TPSA) is 68.0 Å². The van der Waals surface area contributed by atoms with E-state index in [2.05, 4.69) is 10.3 Å². The number of aromatic nitrogens is 3. The third-order valence-electron chi connectivity index (χ3n) is 2.43. The van der Waals surface area contributed by atoms with E-state index in [0.717, 1.165) is 5.56 Å². The number of nitrogens with zero attached hydrogens (tertiary/aromatic N) is 3. The van der Waals surface area contributed by atoms with Gasteiger partial charge >= 0.3 is 5.97 Å². The van der Waals surface area contributed by atoms with E-state index >= 15 is 0 Å². The first kappa shape index (κ1) is 11.3. The van der Waals surface area contributed by atoms with Crippen LogP contribution in [0.3, 0.4) is 0 Å². The first-order valence-electron chi connectivity index (χ1n) is 4.93. The van der Waals surface area contributed by atoms with Crippen LogP contribution < -0.4 is 0 Å². The van der Waals surface area contributed by atoms with Crippen LogP contribution >= 0.6 is 0 Å². The van der Waals surface area contributed by atoms with Gasteiger partial charge in [-0.15, -0.1) is 5.10 Å². The maximum Gasteiger partial charge on any atom is 0.358 e. The van der Waals surface area contributed by atoms with Crippen LogP contribution in [-0.2, 0) is 0 Å². The zero-order valence-electron chi connectivity index (χ0n) is 9.31. The molecular weight excluding hydrogens is 225 g/mol. The fourth-order valence-electron chi connectivity index (χ4n) is 1.54. The fourth-order valence-corrected chi connectivity index (χ4v) is 1.54. The largest absolute Gasteiger partial charge is 0.476 e. The van der Waals surface area contributed by atoms with Crippen LogP contribution in [0.2, 0.25) is 0 Å². The molecule has 0 atom stereocenters. The molecule has 0 aliphatic rings. The molecule has 88 valence electrons. The van der Waals surface area contributed by atoms with Gasteiger partial charge in [-0.05, 0) is 31.5 Å². The quantitative estimate of drug-likeness (QED) is 0.860. The highest BCUT2D eigenvalue weighted by Gasteiger charge is 2.17. The van der Waals surface area contributed by atoms with Gasteiger partial charge in [0.05, 0.1) is 5.69 Å². The van der Waals surface area contributed by atoms with E-state index in [0.29, 0.717) is 5.69 Å². The summed E-state index contributed by atoms with van der Waals surface area (Å²) in [5.41, 5.74) is 1.08. The number of aromatic carboxylic acids is 1. The van der Waals surface area contributed by atoms with Gasteiger partial charge in [-0.25, -0.2) is 13.9 Å². The van der Waals surface area contributed by atoms with Gasteiger partial charge in [-0.2, -0.15) is 0 Å². The summed E-state index contributed by atoms with van der Waals surface area (Å²) in [6.07, 6.45) is 0. The van der Waals surface area contributed by atoms with Crippen LogP contribution in [0.15, 0.2) is 18.2 Å². The summed E-state index contributed by atoms with van der Waals surface area (Å²) in [5.74, 6) is -1.64. The minimum absolute atomic E-state index is 0.176. The maximum absolute atomic E-state index is 13.7. The predicted molar refractivity (Wildman–Crippen MR) is 57.8 cm³/mol. The molecule has 6 heteroatoms. The van der Waals surface area contributed by atoms with Crippen LogP contribution in [0.4, 0.5) is 4.39 Å². The molecule has 1 heterocycles. The predicted octanol–water partition coefficient (Wildman–Crippen LogP) is 1.72. The van der Waals surface area contributed by atoms with Gasteiger partial charge in [-0.1, -0.05) is 11.3 Å². The van der Waals surface area contributed by atoms with Gasteiger partial charge in [0.15, 0.2) is 5.69 Å². The second kappa shape index (κ2) is 3.97. The maximum atomic E-state index is 13.7. The van der Waals surface area contributed by atoms with Crippen molar-refractivity contribution in [1.29, 1.82) is 0 Å². The van der Waals surface area contributed by atoms with E-state index in [1.165, 1.54) is 23.7 Å². The molecule has 0 unspecified atom stereocenters. The highest BCUT2D eigenvalue weighted by atomic mass is 19.1. The van der Waals surface area contributed by atoms with Gasteiger partial charge in [0, 0.05) is 0 Å². The lowest BCUT2D eigenvalue weighted by Gasteiger charge is -2.05. The second-order valence-electron chi connectivity index (χ2n) is 3.70. The molecule has 1 N–H and O–H groups in total. The smallest absolute Gasteiger partial charge is 0.358 e. The number of rotatable bonds is 2. The molecule has 17 heavy (non-hydrogen) atoms. The normalized spacial score (nSPS) is 10.5. The van der Waals surface area contributed by atoms with Crippen LogP contribution in [0.5, 0.6) is 0 Å². The molecule has 0 radical (unpaired) electrons. The Hall–Kier alpha value is -2.24. The van der Waals surface area contributed by atoms with E-state index in [4.69, 9.17) is 5.11 Å². The number of halogens is 1. The number of hydrogen-bond donors (Lipinski definition) is 1. The van der Waals surface area contributed by atoms with Crippen molar-refractivity contribution in [1.82, 2.24) is 15.0 Å². The van der Waals surface area contributed by atoms with Crippen LogP contribution in [0, 0.1) is 19.7 Å². The molecule has 1 aromatic heterocycles. The Bertz CT molecular complexity index is 592. The first-order chi connectivity index (χ1) is 8.00. The highest BCUT2D eigenvalue weighted by Crippen LogP contribution is 2.17. The molecule has 5 nitrogen and oxygen atoms in total. The Morgan fingerprint density at radius 3 is 2.65 bits per heavy atom. The molecule has 0 aliphatic carbocycles. The molecule has 0 bridgehead atoms. The van der Waals surface area contributed by atoms with E-state index in [-0.39, 0.29) is 11.4 Å². The molecule has 0 fully saturated rings. The Morgan fingerprint density at radius 2 is 2.12 bits per heavy atom. The minimum atomic E-state index is -1.18. The van der Waals surface area contributed by atoms with Gasteiger partial charge in [0.1, 0.15) is 11.5 Å². The Morgan fingerprint density at radius 1 is 1.41 bits per heavy atom. The average Bonchev–Trinajstić information content (AvgIpc) is 2.60. The number of aryl methyl sites for hydroxylation is 1. The summed E-state index contributed by atoms with van der Waals surface area (Å²) in [5, 5.41) is 16.0. The Kier molecular flexibility index (Phi) is 2.63. The Balaban J connectivity index is 2.57. The van der Waals surface area contributed by atoms with E-state index in [1.54, 1.807) is 13.0 Å². The lowest BCUT2D eigenvalue weighted by Crippen LogP contribution is -2.04. The number of carboxylic acids is 1. The zero-order valence-corrected chi connectivity index (χ0v) is 9.31. The zero-order chi connectivity index (χ0) is 12.6. The third-order valence-corrected chi connectivity index (χ3v) is 2.43. The summed E-state index contributed by atoms with van der Waals surface area (Å²) >= 11 is 0. The van der Waals surface area contributed by atoms with Crippen molar-refractivity contribution >= 4 is 5.97 Å². The van der Waals surface area contributed by atoms with Crippen molar-refractivity contribution in [3.8, 4) is 5.69 Å². The van der Waals surface area contributed by atoms with Crippen molar-refractivity contribution in [2.75, 3.05) is 0 Å². The standard InChI is InChI=1S/C11H10FN3O2/c1-6-3-4-9(8(12)5-6)15-7(2)10(11(16)17)13-14-15/h3-5H,1-2H3,(H,16,17). The van der Waals surface area contributed by atoms with Crippen molar-refractivity contribution < 1.29 is 14.3 Å². The van der Waals surface area contributed by atoms with E-state index in [1.807, 2.05) is 0 Å². The molecule has 0 spiro atoms. The van der Waals surface area contributed by atoms with Gasteiger partial charge in [0.25, 0.3) is 0 Å². The lowest BCUT2D eigenvalue weighted by molar-refractivity contribution is 0.0689. The third kappa shape index (κ3) is 1.89. The number of hydrogen-bond acceptors (Lipinski definition) is 3. The summed E-state index contributed by atoms with van der Waals surface area (Å²) < 4.78 is 14.9. The van der Waals surface area contributed by atoms with Crippen molar-refractivity contribution in [2.45, 2.75) is 13.8 Å². The first-order valence-corrected chi connectivity index (χ1v) is 4.93. The minimum Gasteiger partial charge on any atom is -0.476 e. The van der Waals surface area contributed by atoms with E-state index in [9.17, 15) is 9.18 Å². The molecule has 0 aliphatic heterocycles. The highest BCUT2D eigenvalue weighted by molar-refractivity contribution is 5.86. The van der Waals surface area contributed by atoms with Gasteiger partial charge < -0.3 is 5.11 Å². The van der Waals surface area contributed by atoms with Crippen molar-refractivity contribution in [2.24, 2.45) is 0 Å². The van der Waals surface area contributed by atoms with Crippen molar-refractivity contribution in [3.05, 3.63) is 41.0 Å². The number of carbonyl (C=O) groups is 1. The average molecular weight is 235 g/mol. The molecule has 1 aromatic carbocycles. The van der Waals surface area contributed by atoms with E-state index < -0.39 is 11.8 Å². The molecular formula is C11H10FN3O2. The number of benzene rings is 1. The summed E-state index contributed by atoms with van der Waals surface area (Å²) in [4.78, 5) is 10.8. The molecule has 2 aromatic rings. The summed E-state index contributed by atoms with van der Waals surface area (Å²) in [6, 6.07) is 4.62. The second-order valence-corrected chi connectivity index (χ2v) is 3.70. The van der Waals surface area contributed by atoms with Crippen LogP contribution in [0.25, 0.3) is 5.69 Å². The number of carboxylic acid groups (broad SMARTS) is 1. The summed E-state index contributed by atoms with van der Waals surface area (Å²) in [7, 11) is 0. The van der Waals surface area contributed by atoms with Gasteiger partial charge in [-0.3, -0.25) is 0 Å². The molecule has 0 saturated carbocycles. The summed E-state index contributed by atoms with van der Waals surface area (Å²) in [6.45, 7) is 3.30.